The molecule has 8 aromatic rings. The standard InChI is InChI=1S/C30H16O2/c1-2-7-17(8-3-1)18-15-25-29-26(16-18)32-24-14-13-22-20-10-5-4-9-19(20)21-11-6-12-23(31-25)27(21)28(22)30(24)29/h1-16H. The second-order valence-electron chi connectivity index (χ2n) is 8.50. The van der Waals surface area contributed by atoms with E-state index in [1.54, 1.807) is 0 Å². The summed E-state index contributed by atoms with van der Waals surface area (Å²) in [4.78, 5) is 0. The lowest BCUT2D eigenvalue weighted by Crippen LogP contribution is -1.83. The van der Waals surface area contributed by atoms with Crippen molar-refractivity contribution in [2.45, 2.75) is 0 Å². The fourth-order valence-corrected chi connectivity index (χ4v) is 5.48. The molecule has 2 aromatic heterocycles. The van der Waals surface area contributed by atoms with Crippen molar-refractivity contribution < 1.29 is 8.83 Å². The Labute approximate surface area is 182 Å². The molecule has 0 saturated heterocycles. The van der Waals surface area contributed by atoms with Crippen LogP contribution in [0.3, 0.4) is 0 Å². The van der Waals surface area contributed by atoms with Crippen molar-refractivity contribution in [1.29, 1.82) is 0 Å². The molecule has 0 radical (unpaired) electrons. The first-order valence-electron chi connectivity index (χ1n) is 10.9. The van der Waals surface area contributed by atoms with E-state index in [-0.39, 0.29) is 0 Å². The number of furan rings is 1. The van der Waals surface area contributed by atoms with Gasteiger partial charge in [-0.1, -0.05) is 66.7 Å². The zero-order chi connectivity index (χ0) is 20.8. The highest BCUT2D eigenvalue weighted by Gasteiger charge is 2.21. The molecule has 0 aliphatic carbocycles. The van der Waals surface area contributed by atoms with Gasteiger partial charge in [0, 0.05) is 16.2 Å². The first-order chi connectivity index (χ1) is 15.9. The third-order valence-corrected chi connectivity index (χ3v) is 6.81. The van der Waals surface area contributed by atoms with Crippen LogP contribution >= 0.6 is 0 Å². The second kappa shape index (κ2) is 5.68. The average molecular weight is 408 g/mol. The third kappa shape index (κ3) is 1.95. The van der Waals surface area contributed by atoms with E-state index in [9.17, 15) is 0 Å². The summed E-state index contributed by atoms with van der Waals surface area (Å²) < 4.78 is 13.1. The molecular formula is C30H16O2. The SMILES string of the molecule is c1ccc(-c2cc3oc4cccc5c6ccccc6c6ccc7oc(c2)c3c7c6c45)cc1. The first kappa shape index (κ1) is 16.4. The monoisotopic (exact) mass is 408 g/mol. The molecule has 0 bridgehead atoms. The summed E-state index contributed by atoms with van der Waals surface area (Å²) in [5, 5.41) is 9.53. The molecule has 0 fully saturated rings. The minimum Gasteiger partial charge on any atom is -0.456 e. The summed E-state index contributed by atoms with van der Waals surface area (Å²) in [6.45, 7) is 0. The van der Waals surface area contributed by atoms with Crippen LogP contribution in [0.4, 0.5) is 0 Å². The van der Waals surface area contributed by atoms with Crippen LogP contribution in [0, 0.1) is 0 Å². The van der Waals surface area contributed by atoms with E-state index in [0.29, 0.717) is 0 Å². The Bertz CT molecular complexity index is 1970. The normalized spacial score (nSPS) is 12.4. The van der Waals surface area contributed by atoms with Gasteiger partial charge in [0.15, 0.2) is 0 Å². The lowest BCUT2D eigenvalue weighted by Gasteiger charge is -2.10. The molecule has 6 aromatic carbocycles. The van der Waals surface area contributed by atoms with Gasteiger partial charge in [0.05, 0.1) is 5.39 Å². The van der Waals surface area contributed by atoms with Crippen LogP contribution in [0.5, 0.6) is 0 Å². The average Bonchev–Trinajstić information content (AvgIpc) is 3.15. The Morgan fingerprint density at radius 2 is 0.969 bits per heavy atom. The summed E-state index contributed by atoms with van der Waals surface area (Å²) in [5.41, 5.74) is 5.74. The van der Waals surface area contributed by atoms with Crippen molar-refractivity contribution in [3.63, 3.8) is 0 Å². The molecule has 0 N–H and O–H groups in total. The molecule has 8 rings (SSSR count). The van der Waals surface area contributed by atoms with E-state index in [0.717, 1.165) is 49.6 Å². The Morgan fingerprint density at radius 1 is 0.344 bits per heavy atom. The van der Waals surface area contributed by atoms with Crippen LogP contribution in [-0.4, -0.2) is 0 Å². The van der Waals surface area contributed by atoms with E-state index in [1.165, 1.54) is 26.9 Å². The molecule has 0 unspecified atom stereocenters. The van der Waals surface area contributed by atoms with Crippen LogP contribution in [0.2, 0.25) is 0 Å². The number of hydrogen-bond acceptors (Lipinski definition) is 2. The molecule has 2 heterocycles. The Balaban J connectivity index is 1.71. The predicted octanol–water partition coefficient (Wildman–Crippen LogP) is 8.90. The van der Waals surface area contributed by atoms with Gasteiger partial charge in [-0.05, 0) is 63.0 Å². The van der Waals surface area contributed by atoms with Gasteiger partial charge >= 0.3 is 0 Å². The summed E-state index contributed by atoms with van der Waals surface area (Å²) in [6.07, 6.45) is 0. The summed E-state index contributed by atoms with van der Waals surface area (Å²) >= 11 is 0. The van der Waals surface area contributed by atoms with Crippen LogP contribution in [-0.2, 0) is 0 Å². The largest absolute Gasteiger partial charge is 0.456 e. The minimum absolute atomic E-state index is 0.848. The van der Waals surface area contributed by atoms with Crippen LogP contribution in [0.1, 0.15) is 0 Å². The molecule has 0 spiro atoms. The van der Waals surface area contributed by atoms with Gasteiger partial charge < -0.3 is 8.83 Å². The highest BCUT2D eigenvalue weighted by Crippen LogP contribution is 2.47. The molecular weight excluding hydrogens is 392 g/mol. The van der Waals surface area contributed by atoms with Gasteiger partial charge in [0.25, 0.3) is 0 Å². The van der Waals surface area contributed by atoms with Gasteiger partial charge in [-0.15, -0.1) is 0 Å². The summed E-state index contributed by atoms with van der Waals surface area (Å²) in [7, 11) is 0. The van der Waals surface area contributed by atoms with Crippen LogP contribution in [0.25, 0.3) is 76.5 Å². The summed E-state index contributed by atoms with van der Waals surface area (Å²) in [6, 6.07) is 34.0. The molecule has 32 heavy (non-hydrogen) atoms. The van der Waals surface area contributed by atoms with Crippen molar-refractivity contribution in [1.82, 2.24) is 0 Å². The molecule has 2 heteroatoms. The van der Waals surface area contributed by atoms with Gasteiger partial charge in [-0.25, -0.2) is 0 Å². The smallest absolute Gasteiger partial charge is 0.139 e. The van der Waals surface area contributed by atoms with E-state index >= 15 is 0 Å². The zero-order valence-electron chi connectivity index (χ0n) is 17.1. The molecule has 148 valence electrons. The number of rotatable bonds is 1. The molecule has 0 saturated carbocycles. The number of benzene rings is 6. The van der Waals surface area contributed by atoms with E-state index < -0.39 is 0 Å². The van der Waals surface area contributed by atoms with Crippen molar-refractivity contribution in [2.75, 3.05) is 0 Å². The molecule has 0 atom stereocenters. The van der Waals surface area contributed by atoms with Crippen LogP contribution < -0.4 is 0 Å². The molecule has 0 aliphatic rings. The quantitative estimate of drug-likeness (QED) is 0.253. The maximum atomic E-state index is 6.67. The lowest BCUT2D eigenvalue weighted by molar-refractivity contribution is 0.657. The van der Waals surface area contributed by atoms with E-state index in [1.807, 2.05) is 6.07 Å². The topological polar surface area (TPSA) is 26.3 Å². The molecule has 2 nitrogen and oxygen atoms in total. The predicted molar refractivity (Wildman–Crippen MR) is 133 cm³/mol. The first-order valence-corrected chi connectivity index (χ1v) is 10.9. The Morgan fingerprint density at radius 3 is 1.72 bits per heavy atom. The fourth-order valence-electron chi connectivity index (χ4n) is 5.48. The van der Waals surface area contributed by atoms with E-state index in [4.69, 9.17) is 8.83 Å². The third-order valence-electron chi connectivity index (χ3n) is 6.81. The van der Waals surface area contributed by atoms with Crippen molar-refractivity contribution in [3.05, 3.63) is 97.1 Å². The maximum Gasteiger partial charge on any atom is 0.139 e. The highest BCUT2D eigenvalue weighted by atomic mass is 16.3. The fraction of sp³-hybridized carbons (Fsp3) is 0. The highest BCUT2D eigenvalue weighted by molar-refractivity contribution is 6.38. The van der Waals surface area contributed by atoms with E-state index in [2.05, 4.69) is 91.0 Å². The minimum atomic E-state index is 0.848. The van der Waals surface area contributed by atoms with Gasteiger partial charge in [0.1, 0.15) is 22.3 Å². The second-order valence-corrected chi connectivity index (χ2v) is 8.50. The summed E-state index contributed by atoms with van der Waals surface area (Å²) in [5.74, 6) is 0. The van der Waals surface area contributed by atoms with Gasteiger partial charge in [0.2, 0.25) is 0 Å². The van der Waals surface area contributed by atoms with Crippen molar-refractivity contribution in [3.8, 4) is 11.1 Å². The lowest BCUT2D eigenvalue weighted by atomic mass is 9.91. The number of hydrogen-bond donors (Lipinski definition) is 0. The number of fused-ring (bicyclic) bond motifs is 3. The van der Waals surface area contributed by atoms with Gasteiger partial charge in [-0.3, -0.25) is 0 Å². The van der Waals surface area contributed by atoms with Crippen LogP contribution in [0.15, 0.2) is 106 Å². The molecule has 0 aliphatic heterocycles. The maximum absolute atomic E-state index is 6.67. The zero-order valence-corrected chi connectivity index (χ0v) is 17.1. The Kier molecular flexibility index (Phi) is 2.91. The van der Waals surface area contributed by atoms with Crippen molar-refractivity contribution >= 4 is 65.4 Å². The molecule has 0 amide bonds. The van der Waals surface area contributed by atoms with Gasteiger partial charge in [-0.2, -0.15) is 0 Å². The van der Waals surface area contributed by atoms with Crippen molar-refractivity contribution in [2.24, 2.45) is 0 Å². The Hall–Kier alpha value is -4.30.